The SMILES string of the molecule is Cc1c(Cl)cccc1N1CCC(=O)CC1(C)C. The van der Waals surface area contributed by atoms with Crippen molar-refractivity contribution in [2.45, 2.75) is 39.2 Å². The summed E-state index contributed by atoms with van der Waals surface area (Å²) in [6.07, 6.45) is 1.24. The first kappa shape index (κ1) is 12.4. The van der Waals surface area contributed by atoms with Crippen molar-refractivity contribution in [2.75, 3.05) is 11.4 Å². The van der Waals surface area contributed by atoms with E-state index in [2.05, 4.69) is 24.8 Å². The highest BCUT2D eigenvalue weighted by Crippen LogP contribution is 2.35. The second-order valence-corrected chi connectivity index (χ2v) is 5.72. The monoisotopic (exact) mass is 251 g/mol. The predicted octanol–water partition coefficient (Wildman–Crippen LogP) is 3.60. The predicted molar refractivity (Wildman–Crippen MR) is 71.9 cm³/mol. The fourth-order valence-electron chi connectivity index (χ4n) is 2.54. The topological polar surface area (TPSA) is 20.3 Å². The summed E-state index contributed by atoms with van der Waals surface area (Å²) in [7, 11) is 0. The van der Waals surface area contributed by atoms with Gasteiger partial charge >= 0.3 is 0 Å². The number of nitrogens with zero attached hydrogens (tertiary/aromatic N) is 1. The van der Waals surface area contributed by atoms with Gasteiger partial charge in [0.1, 0.15) is 5.78 Å². The Kier molecular flexibility index (Phi) is 3.17. The highest BCUT2D eigenvalue weighted by Gasteiger charge is 2.34. The molecular weight excluding hydrogens is 234 g/mol. The third kappa shape index (κ3) is 2.32. The molecule has 0 aliphatic carbocycles. The van der Waals surface area contributed by atoms with Crippen molar-refractivity contribution in [1.82, 2.24) is 0 Å². The van der Waals surface area contributed by atoms with Crippen LogP contribution in [-0.4, -0.2) is 17.9 Å². The Balaban J connectivity index is 2.39. The van der Waals surface area contributed by atoms with Gasteiger partial charge in [-0.15, -0.1) is 0 Å². The molecule has 1 aromatic carbocycles. The van der Waals surface area contributed by atoms with Gasteiger partial charge in [-0.3, -0.25) is 4.79 Å². The molecule has 92 valence electrons. The second-order valence-electron chi connectivity index (χ2n) is 5.31. The van der Waals surface area contributed by atoms with Crippen LogP contribution < -0.4 is 4.90 Å². The zero-order valence-corrected chi connectivity index (χ0v) is 11.3. The van der Waals surface area contributed by atoms with Gasteiger partial charge in [0.15, 0.2) is 0 Å². The summed E-state index contributed by atoms with van der Waals surface area (Å²) in [6.45, 7) is 7.05. The summed E-state index contributed by atoms with van der Waals surface area (Å²) in [5.41, 5.74) is 2.12. The number of piperidine rings is 1. The van der Waals surface area contributed by atoms with Gasteiger partial charge in [0.2, 0.25) is 0 Å². The smallest absolute Gasteiger partial charge is 0.136 e. The van der Waals surface area contributed by atoms with E-state index in [4.69, 9.17) is 11.6 Å². The van der Waals surface area contributed by atoms with E-state index < -0.39 is 0 Å². The molecule has 17 heavy (non-hydrogen) atoms. The highest BCUT2D eigenvalue weighted by molar-refractivity contribution is 6.31. The molecule has 0 atom stereocenters. The number of carbonyl (C=O) groups is 1. The average Bonchev–Trinajstić information content (AvgIpc) is 2.22. The Labute approximate surface area is 108 Å². The first-order chi connectivity index (χ1) is 7.92. The minimum Gasteiger partial charge on any atom is -0.365 e. The van der Waals surface area contributed by atoms with Crippen LogP contribution in [0.15, 0.2) is 18.2 Å². The van der Waals surface area contributed by atoms with Crippen LogP contribution >= 0.6 is 11.6 Å². The standard InChI is InChI=1S/C14H18ClNO/c1-10-12(15)5-4-6-13(10)16-8-7-11(17)9-14(16,2)3/h4-6H,7-9H2,1-3H3. The summed E-state index contributed by atoms with van der Waals surface area (Å²) < 4.78 is 0. The van der Waals surface area contributed by atoms with Gasteiger partial charge in [-0.1, -0.05) is 17.7 Å². The van der Waals surface area contributed by atoms with Crippen LogP contribution in [0.2, 0.25) is 5.02 Å². The van der Waals surface area contributed by atoms with Gasteiger partial charge in [-0.05, 0) is 38.5 Å². The molecule has 1 aliphatic heterocycles. The zero-order valence-electron chi connectivity index (χ0n) is 10.6. The molecule has 0 N–H and O–H groups in total. The van der Waals surface area contributed by atoms with E-state index in [-0.39, 0.29) is 5.54 Å². The lowest BCUT2D eigenvalue weighted by Gasteiger charge is -2.44. The van der Waals surface area contributed by atoms with Crippen molar-refractivity contribution in [1.29, 1.82) is 0 Å². The number of carbonyl (C=O) groups excluding carboxylic acids is 1. The van der Waals surface area contributed by atoms with Crippen LogP contribution in [0.1, 0.15) is 32.3 Å². The number of ketones is 1. The second kappa shape index (κ2) is 4.34. The molecule has 1 aromatic rings. The van der Waals surface area contributed by atoms with Crippen LogP contribution in [0.3, 0.4) is 0 Å². The molecule has 0 amide bonds. The summed E-state index contributed by atoms with van der Waals surface area (Å²) >= 11 is 6.16. The molecule has 0 bridgehead atoms. The van der Waals surface area contributed by atoms with Gasteiger partial charge in [0.25, 0.3) is 0 Å². The molecule has 0 unspecified atom stereocenters. The first-order valence-corrected chi connectivity index (χ1v) is 6.34. The van der Waals surface area contributed by atoms with Gasteiger partial charge in [-0.2, -0.15) is 0 Å². The van der Waals surface area contributed by atoms with Crippen molar-refractivity contribution < 1.29 is 4.79 Å². The van der Waals surface area contributed by atoms with Crippen LogP contribution in [0.4, 0.5) is 5.69 Å². The lowest BCUT2D eigenvalue weighted by atomic mass is 9.88. The molecule has 0 aromatic heterocycles. The van der Waals surface area contributed by atoms with E-state index in [1.54, 1.807) is 0 Å². The quantitative estimate of drug-likeness (QED) is 0.760. The van der Waals surface area contributed by atoms with Crippen LogP contribution in [0.5, 0.6) is 0 Å². The lowest BCUT2D eigenvalue weighted by Crippen LogP contribution is -2.50. The van der Waals surface area contributed by atoms with Crippen molar-refractivity contribution in [3.63, 3.8) is 0 Å². The Morgan fingerprint density at radius 2 is 2.06 bits per heavy atom. The van der Waals surface area contributed by atoms with Crippen molar-refractivity contribution in [2.24, 2.45) is 0 Å². The normalized spacial score (nSPS) is 19.5. The van der Waals surface area contributed by atoms with Crippen molar-refractivity contribution >= 4 is 23.1 Å². The molecule has 2 rings (SSSR count). The highest BCUT2D eigenvalue weighted by atomic mass is 35.5. The Morgan fingerprint density at radius 1 is 1.35 bits per heavy atom. The molecule has 1 heterocycles. The molecule has 0 radical (unpaired) electrons. The molecule has 1 fully saturated rings. The van der Waals surface area contributed by atoms with Crippen LogP contribution in [0, 0.1) is 6.92 Å². The first-order valence-electron chi connectivity index (χ1n) is 5.96. The average molecular weight is 252 g/mol. The van der Waals surface area contributed by atoms with Gasteiger partial charge in [0.05, 0.1) is 0 Å². The third-order valence-electron chi connectivity index (χ3n) is 3.50. The number of Topliss-reactive ketones (excluding diaryl/α,β-unsaturated/α-hetero) is 1. The van der Waals surface area contributed by atoms with E-state index in [0.29, 0.717) is 18.6 Å². The number of hydrogen-bond donors (Lipinski definition) is 0. The molecular formula is C14H18ClNO. The minimum atomic E-state index is -0.120. The number of halogens is 1. The number of rotatable bonds is 1. The summed E-state index contributed by atoms with van der Waals surface area (Å²) in [5, 5.41) is 0.787. The van der Waals surface area contributed by atoms with E-state index in [1.165, 1.54) is 0 Å². The fraction of sp³-hybridized carbons (Fsp3) is 0.500. The molecule has 1 aliphatic rings. The lowest BCUT2D eigenvalue weighted by molar-refractivity contribution is -0.121. The fourth-order valence-corrected chi connectivity index (χ4v) is 2.71. The molecule has 3 heteroatoms. The van der Waals surface area contributed by atoms with Crippen molar-refractivity contribution in [3.8, 4) is 0 Å². The maximum atomic E-state index is 11.6. The largest absolute Gasteiger partial charge is 0.365 e. The van der Waals surface area contributed by atoms with Gasteiger partial charge < -0.3 is 4.90 Å². The zero-order chi connectivity index (χ0) is 12.6. The van der Waals surface area contributed by atoms with E-state index in [1.807, 2.05) is 19.1 Å². The number of benzene rings is 1. The van der Waals surface area contributed by atoms with Crippen LogP contribution in [-0.2, 0) is 4.79 Å². The Hall–Kier alpha value is -1.02. The number of anilines is 1. The Bertz CT molecular complexity index is 454. The van der Waals surface area contributed by atoms with Gasteiger partial charge in [-0.25, -0.2) is 0 Å². The molecule has 0 saturated carbocycles. The third-order valence-corrected chi connectivity index (χ3v) is 3.91. The van der Waals surface area contributed by atoms with E-state index in [0.717, 1.165) is 22.8 Å². The maximum absolute atomic E-state index is 11.6. The van der Waals surface area contributed by atoms with Crippen LogP contribution in [0.25, 0.3) is 0 Å². The van der Waals surface area contributed by atoms with Crippen molar-refractivity contribution in [3.05, 3.63) is 28.8 Å². The van der Waals surface area contributed by atoms with E-state index >= 15 is 0 Å². The maximum Gasteiger partial charge on any atom is 0.136 e. The number of hydrogen-bond acceptors (Lipinski definition) is 2. The molecule has 0 spiro atoms. The summed E-state index contributed by atoms with van der Waals surface area (Å²) in [6, 6.07) is 5.96. The van der Waals surface area contributed by atoms with Gasteiger partial charge in [0, 0.05) is 35.6 Å². The summed E-state index contributed by atoms with van der Waals surface area (Å²) in [5.74, 6) is 0.353. The molecule has 2 nitrogen and oxygen atoms in total. The Morgan fingerprint density at radius 3 is 2.71 bits per heavy atom. The molecule has 1 saturated heterocycles. The van der Waals surface area contributed by atoms with E-state index in [9.17, 15) is 4.79 Å². The minimum absolute atomic E-state index is 0.120. The summed E-state index contributed by atoms with van der Waals surface area (Å²) in [4.78, 5) is 13.9.